The van der Waals surface area contributed by atoms with Crippen LogP contribution in [0, 0.1) is 0 Å². The fourth-order valence-electron chi connectivity index (χ4n) is 4.97. The number of benzene rings is 1. The van der Waals surface area contributed by atoms with Gasteiger partial charge in [0.25, 0.3) is 5.91 Å². The maximum absolute atomic E-state index is 12.6. The van der Waals surface area contributed by atoms with Gasteiger partial charge in [-0.2, -0.15) is 0 Å². The zero-order chi connectivity index (χ0) is 22.4. The van der Waals surface area contributed by atoms with Gasteiger partial charge in [0.1, 0.15) is 12.0 Å². The molecule has 2 saturated heterocycles. The van der Waals surface area contributed by atoms with Crippen molar-refractivity contribution in [1.82, 2.24) is 20.1 Å². The first-order chi connectivity index (χ1) is 15.6. The van der Waals surface area contributed by atoms with Gasteiger partial charge in [-0.3, -0.25) is 14.5 Å². The third-order valence-electron chi connectivity index (χ3n) is 7.02. The van der Waals surface area contributed by atoms with E-state index >= 15 is 0 Å². The summed E-state index contributed by atoms with van der Waals surface area (Å²) in [5, 5.41) is 2.95. The lowest BCUT2D eigenvalue weighted by atomic mass is 9.70. The minimum Gasteiger partial charge on any atom is -0.447 e. The van der Waals surface area contributed by atoms with Gasteiger partial charge in [-0.1, -0.05) is 36.8 Å². The molecule has 1 N–H and O–H groups in total. The topological polar surface area (TPSA) is 78.7 Å². The molecule has 0 radical (unpaired) electrons. The van der Waals surface area contributed by atoms with Crippen molar-refractivity contribution in [2.75, 3.05) is 39.3 Å². The van der Waals surface area contributed by atoms with E-state index in [1.54, 1.807) is 6.92 Å². The molecule has 0 bridgehead atoms. The van der Waals surface area contributed by atoms with Crippen LogP contribution in [0.4, 0.5) is 0 Å². The van der Waals surface area contributed by atoms with Gasteiger partial charge >= 0.3 is 0 Å². The number of nitrogens with zero attached hydrogens (tertiary/aromatic N) is 3. The molecule has 7 nitrogen and oxygen atoms in total. The standard InChI is InChI=1S/C25H34N4O3/c1-20(30)25(21-8-4-2-5-9-21)10-15-29(16-11-25)18-23-27-22(19-32-23)24(31)26-12-17-28-13-6-3-7-14-28/h2,4-5,8-9,19H,3,6-7,10-18H2,1H3,(H,26,31). The van der Waals surface area contributed by atoms with E-state index in [0.29, 0.717) is 24.7 Å². The number of ketones is 1. The smallest absolute Gasteiger partial charge is 0.273 e. The maximum Gasteiger partial charge on any atom is 0.273 e. The lowest BCUT2D eigenvalue weighted by Crippen LogP contribution is -2.46. The van der Waals surface area contributed by atoms with Crippen molar-refractivity contribution in [3.63, 3.8) is 0 Å². The number of carbonyl (C=O) groups excluding carboxylic acids is 2. The van der Waals surface area contributed by atoms with E-state index in [4.69, 9.17) is 4.42 Å². The summed E-state index contributed by atoms with van der Waals surface area (Å²) >= 11 is 0. The number of nitrogens with one attached hydrogen (secondary N) is 1. The van der Waals surface area contributed by atoms with Crippen molar-refractivity contribution < 1.29 is 14.0 Å². The summed E-state index contributed by atoms with van der Waals surface area (Å²) in [4.78, 5) is 34.0. The second-order valence-corrected chi connectivity index (χ2v) is 9.07. The fraction of sp³-hybridized carbons (Fsp3) is 0.560. The number of aromatic nitrogens is 1. The zero-order valence-corrected chi connectivity index (χ0v) is 19.0. The van der Waals surface area contributed by atoms with Crippen LogP contribution in [0.3, 0.4) is 0 Å². The highest BCUT2D eigenvalue weighted by Gasteiger charge is 2.40. The predicted molar refractivity (Wildman–Crippen MR) is 122 cm³/mol. The van der Waals surface area contributed by atoms with Gasteiger partial charge in [0.05, 0.1) is 12.0 Å². The average molecular weight is 439 g/mol. The van der Waals surface area contributed by atoms with Crippen molar-refractivity contribution in [2.45, 2.75) is 51.0 Å². The van der Waals surface area contributed by atoms with Crippen LogP contribution in [0.1, 0.15) is 61.0 Å². The number of hydrogen-bond donors (Lipinski definition) is 1. The summed E-state index contributed by atoms with van der Waals surface area (Å²) in [7, 11) is 0. The number of rotatable bonds is 8. The van der Waals surface area contributed by atoms with E-state index in [9.17, 15) is 9.59 Å². The third-order valence-corrected chi connectivity index (χ3v) is 7.02. The third kappa shape index (κ3) is 5.27. The quantitative estimate of drug-likeness (QED) is 0.683. The minimum atomic E-state index is -0.409. The summed E-state index contributed by atoms with van der Waals surface area (Å²) < 4.78 is 5.58. The monoisotopic (exact) mass is 438 g/mol. The van der Waals surface area contributed by atoms with Crippen LogP contribution in [0.15, 0.2) is 41.0 Å². The van der Waals surface area contributed by atoms with Crippen LogP contribution in [0.5, 0.6) is 0 Å². The molecule has 2 aromatic rings. The van der Waals surface area contributed by atoms with E-state index in [-0.39, 0.29) is 11.7 Å². The van der Waals surface area contributed by atoms with E-state index in [1.807, 2.05) is 18.2 Å². The average Bonchev–Trinajstić information content (AvgIpc) is 3.29. The van der Waals surface area contributed by atoms with E-state index < -0.39 is 5.41 Å². The highest BCUT2D eigenvalue weighted by atomic mass is 16.3. The molecule has 2 aliphatic rings. The number of Topliss-reactive ketones (excluding diaryl/α,β-unsaturated/α-hetero) is 1. The SMILES string of the molecule is CC(=O)C1(c2ccccc2)CCN(Cc2nc(C(=O)NCCN3CCCCC3)co2)CC1. The van der Waals surface area contributed by atoms with Gasteiger partial charge in [-0.05, 0) is 64.3 Å². The number of carbonyl (C=O) groups is 2. The molecule has 1 aromatic carbocycles. The van der Waals surface area contributed by atoms with Gasteiger partial charge in [0.15, 0.2) is 5.69 Å². The number of piperidine rings is 2. The summed E-state index contributed by atoms with van der Waals surface area (Å²) in [6, 6.07) is 10.1. The molecule has 172 valence electrons. The van der Waals surface area contributed by atoms with Gasteiger partial charge in [0.2, 0.25) is 5.89 Å². The number of amides is 1. The second-order valence-electron chi connectivity index (χ2n) is 9.07. The molecule has 32 heavy (non-hydrogen) atoms. The molecule has 0 aliphatic carbocycles. The van der Waals surface area contributed by atoms with Gasteiger partial charge in [-0.25, -0.2) is 4.98 Å². The Balaban J connectivity index is 1.27. The highest BCUT2D eigenvalue weighted by molar-refractivity contribution is 5.91. The summed E-state index contributed by atoms with van der Waals surface area (Å²) in [5.74, 6) is 0.583. The summed E-state index contributed by atoms with van der Waals surface area (Å²) in [6.07, 6.45) is 6.79. The highest BCUT2D eigenvalue weighted by Crippen LogP contribution is 2.36. The molecular weight excluding hydrogens is 404 g/mol. The van der Waals surface area contributed by atoms with Crippen molar-refractivity contribution in [3.05, 3.63) is 53.7 Å². The zero-order valence-electron chi connectivity index (χ0n) is 19.0. The molecule has 0 unspecified atom stereocenters. The first-order valence-corrected chi connectivity index (χ1v) is 11.8. The Morgan fingerprint density at radius 3 is 2.44 bits per heavy atom. The molecule has 4 rings (SSSR count). The Bertz CT molecular complexity index is 897. The number of likely N-dealkylation sites (tertiary alicyclic amines) is 2. The summed E-state index contributed by atoms with van der Waals surface area (Å²) in [6.45, 7) is 7.56. The van der Waals surface area contributed by atoms with E-state index in [0.717, 1.165) is 51.1 Å². The molecule has 1 aromatic heterocycles. The van der Waals surface area contributed by atoms with Gasteiger partial charge in [-0.15, -0.1) is 0 Å². The fourth-order valence-corrected chi connectivity index (χ4v) is 4.97. The van der Waals surface area contributed by atoms with Crippen LogP contribution in [0.2, 0.25) is 0 Å². The first kappa shape index (κ1) is 22.7. The normalized spacial score (nSPS) is 19.5. The molecule has 0 saturated carbocycles. The maximum atomic E-state index is 12.6. The lowest BCUT2D eigenvalue weighted by molar-refractivity contribution is -0.124. The van der Waals surface area contributed by atoms with Crippen LogP contribution in [-0.4, -0.2) is 65.7 Å². The molecule has 2 aliphatic heterocycles. The van der Waals surface area contributed by atoms with Crippen molar-refractivity contribution in [3.8, 4) is 0 Å². The van der Waals surface area contributed by atoms with Crippen molar-refractivity contribution >= 4 is 11.7 Å². The second kappa shape index (κ2) is 10.4. The minimum absolute atomic E-state index is 0.185. The molecule has 0 atom stereocenters. The van der Waals surface area contributed by atoms with E-state index in [1.165, 1.54) is 25.5 Å². The van der Waals surface area contributed by atoms with E-state index in [2.05, 4.69) is 32.2 Å². The molecule has 1 amide bonds. The Labute approximate surface area is 190 Å². The van der Waals surface area contributed by atoms with Crippen LogP contribution in [0.25, 0.3) is 0 Å². The number of oxazole rings is 1. The largest absolute Gasteiger partial charge is 0.447 e. The summed E-state index contributed by atoms with van der Waals surface area (Å²) in [5.41, 5.74) is 1.03. The first-order valence-electron chi connectivity index (χ1n) is 11.8. The lowest BCUT2D eigenvalue weighted by Gasteiger charge is -2.40. The Morgan fingerprint density at radius 2 is 1.75 bits per heavy atom. The van der Waals surface area contributed by atoms with Gasteiger partial charge < -0.3 is 14.6 Å². The van der Waals surface area contributed by atoms with Gasteiger partial charge in [0, 0.05) is 13.1 Å². The van der Waals surface area contributed by atoms with Crippen LogP contribution < -0.4 is 5.32 Å². The molecule has 0 spiro atoms. The van der Waals surface area contributed by atoms with Crippen LogP contribution >= 0.6 is 0 Å². The van der Waals surface area contributed by atoms with Crippen LogP contribution in [-0.2, 0) is 16.8 Å². The Morgan fingerprint density at radius 1 is 1.03 bits per heavy atom. The molecule has 2 fully saturated rings. The molecule has 3 heterocycles. The van der Waals surface area contributed by atoms with Crippen molar-refractivity contribution in [2.24, 2.45) is 0 Å². The Kier molecular flexibility index (Phi) is 7.37. The predicted octanol–water partition coefficient (Wildman–Crippen LogP) is 3.01. The number of hydrogen-bond acceptors (Lipinski definition) is 6. The molecular formula is C25H34N4O3. The van der Waals surface area contributed by atoms with Crippen molar-refractivity contribution in [1.29, 1.82) is 0 Å². The molecule has 7 heteroatoms. The Hall–Kier alpha value is -2.51.